The Hall–Kier alpha value is -2.10. The summed E-state index contributed by atoms with van der Waals surface area (Å²) < 4.78 is 0. The predicted octanol–water partition coefficient (Wildman–Crippen LogP) is 1.76. The van der Waals surface area contributed by atoms with E-state index in [1.165, 1.54) is 0 Å². The second-order valence-corrected chi connectivity index (χ2v) is 3.74. The van der Waals surface area contributed by atoms with Crippen LogP contribution in [0.4, 0.5) is 0 Å². The van der Waals surface area contributed by atoms with Gasteiger partial charge < -0.3 is 5.73 Å². The van der Waals surface area contributed by atoms with E-state index >= 15 is 0 Å². The molecule has 16 heavy (non-hydrogen) atoms. The topological polar surface area (TPSA) is 71.8 Å². The van der Waals surface area contributed by atoms with Crippen molar-refractivity contribution in [2.24, 2.45) is 5.73 Å². The van der Waals surface area contributed by atoms with Crippen LogP contribution in [0.25, 0.3) is 17.0 Å². The van der Waals surface area contributed by atoms with E-state index in [9.17, 15) is 4.79 Å². The molecule has 2 aromatic rings. The maximum atomic E-state index is 10.6. The quantitative estimate of drug-likeness (QED) is 0.818. The van der Waals surface area contributed by atoms with Crippen molar-refractivity contribution in [3.8, 4) is 0 Å². The number of rotatable bonds is 3. The molecule has 0 unspecified atom stereocenters. The number of nitrogens with two attached hydrogens (primary N) is 1. The first-order valence-electron chi connectivity index (χ1n) is 5.05. The largest absolute Gasteiger partial charge is 0.369 e. The highest BCUT2D eigenvalue weighted by Crippen LogP contribution is 2.18. The van der Waals surface area contributed by atoms with Crippen LogP contribution in [0.1, 0.15) is 17.5 Å². The number of benzene rings is 1. The Balaban J connectivity index is 2.32. The molecule has 0 radical (unpaired) electrons. The maximum absolute atomic E-state index is 10.6. The molecule has 1 aromatic heterocycles. The molecule has 0 aliphatic heterocycles. The standard InChI is InChI=1S/C12H13N3O/c1-8-5-11-10(7-14-15-11)6-9(8)3-2-4-12(13)16/h2-3,5-7H,4H2,1H3,(H2,13,16)(H,14,15). The Kier molecular flexibility index (Phi) is 2.72. The summed E-state index contributed by atoms with van der Waals surface area (Å²) in [5.74, 6) is -0.321. The van der Waals surface area contributed by atoms with Gasteiger partial charge in [-0.2, -0.15) is 5.10 Å². The second kappa shape index (κ2) is 4.18. The van der Waals surface area contributed by atoms with Crippen LogP contribution in [-0.2, 0) is 4.79 Å². The SMILES string of the molecule is Cc1cc2[nH]ncc2cc1C=CCC(N)=O. The van der Waals surface area contributed by atoms with Crippen LogP contribution < -0.4 is 5.73 Å². The van der Waals surface area contributed by atoms with Gasteiger partial charge in [0.25, 0.3) is 0 Å². The van der Waals surface area contributed by atoms with Crippen molar-refractivity contribution in [2.45, 2.75) is 13.3 Å². The van der Waals surface area contributed by atoms with Crippen LogP contribution in [0.2, 0.25) is 0 Å². The smallest absolute Gasteiger partial charge is 0.221 e. The number of carbonyl (C=O) groups excluding carboxylic acids is 1. The van der Waals surface area contributed by atoms with Gasteiger partial charge in [-0.25, -0.2) is 0 Å². The summed E-state index contributed by atoms with van der Waals surface area (Å²) >= 11 is 0. The molecule has 1 heterocycles. The number of carbonyl (C=O) groups is 1. The van der Waals surface area contributed by atoms with Crippen LogP contribution in [0.3, 0.4) is 0 Å². The van der Waals surface area contributed by atoms with Gasteiger partial charge in [0.15, 0.2) is 0 Å². The lowest BCUT2D eigenvalue weighted by Gasteiger charge is -2.00. The second-order valence-electron chi connectivity index (χ2n) is 3.74. The number of H-pyrrole nitrogens is 1. The molecule has 0 atom stereocenters. The van der Waals surface area contributed by atoms with Crippen molar-refractivity contribution in [2.75, 3.05) is 0 Å². The number of nitrogens with one attached hydrogen (secondary N) is 1. The molecule has 0 spiro atoms. The molecule has 82 valence electrons. The highest BCUT2D eigenvalue weighted by Gasteiger charge is 2.00. The molecule has 0 fully saturated rings. The van der Waals surface area contributed by atoms with Crippen molar-refractivity contribution in [1.29, 1.82) is 0 Å². The summed E-state index contributed by atoms with van der Waals surface area (Å²) in [6.45, 7) is 2.02. The Morgan fingerprint density at radius 2 is 2.38 bits per heavy atom. The Morgan fingerprint density at radius 1 is 1.56 bits per heavy atom. The molecule has 0 aliphatic rings. The first kappa shape index (κ1) is 10.4. The number of aryl methyl sites for hydroxylation is 1. The molecule has 0 saturated heterocycles. The fourth-order valence-corrected chi connectivity index (χ4v) is 1.60. The van der Waals surface area contributed by atoms with Crippen molar-refractivity contribution < 1.29 is 4.79 Å². The number of primary amides is 1. The van der Waals surface area contributed by atoms with E-state index < -0.39 is 0 Å². The van der Waals surface area contributed by atoms with E-state index in [0.717, 1.165) is 22.0 Å². The molecule has 0 aliphatic carbocycles. The Morgan fingerprint density at radius 3 is 3.12 bits per heavy atom. The van der Waals surface area contributed by atoms with Crippen LogP contribution in [0, 0.1) is 6.92 Å². The normalized spacial score (nSPS) is 11.3. The van der Waals surface area contributed by atoms with Gasteiger partial charge >= 0.3 is 0 Å². The van der Waals surface area contributed by atoms with Gasteiger partial charge in [-0.3, -0.25) is 9.89 Å². The van der Waals surface area contributed by atoms with Crippen molar-refractivity contribution in [1.82, 2.24) is 10.2 Å². The van der Waals surface area contributed by atoms with E-state index in [2.05, 4.69) is 10.2 Å². The van der Waals surface area contributed by atoms with Gasteiger partial charge in [0, 0.05) is 11.8 Å². The third kappa shape index (κ3) is 2.11. The fourth-order valence-electron chi connectivity index (χ4n) is 1.60. The molecular formula is C12H13N3O. The molecule has 0 saturated carbocycles. The molecule has 4 heteroatoms. The first-order valence-corrected chi connectivity index (χ1v) is 5.05. The monoisotopic (exact) mass is 215 g/mol. The maximum Gasteiger partial charge on any atom is 0.221 e. The minimum atomic E-state index is -0.321. The lowest BCUT2D eigenvalue weighted by atomic mass is 10.1. The van der Waals surface area contributed by atoms with Gasteiger partial charge in [0.1, 0.15) is 0 Å². The number of amides is 1. The molecule has 1 aromatic carbocycles. The zero-order valence-electron chi connectivity index (χ0n) is 9.03. The van der Waals surface area contributed by atoms with Gasteiger partial charge in [-0.1, -0.05) is 12.2 Å². The zero-order valence-corrected chi connectivity index (χ0v) is 9.03. The van der Waals surface area contributed by atoms with Crippen molar-refractivity contribution in [3.05, 3.63) is 35.5 Å². The average molecular weight is 215 g/mol. The highest BCUT2D eigenvalue weighted by atomic mass is 16.1. The lowest BCUT2D eigenvalue weighted by molar-refractivity contribution is -0.117. The van der Waals surface area contributed by atoms with Gasteiger partial charge in [-0.15, -0.1) is 0 Å². The summed E-state index contributed by atoms with van der Waals surface area (Å²) in [5, 5.41) is 7.94. The van der Waals surface area contributed by atoms with E-state index in [4.69, 9.17) is 5.73 Å². The van der Waals surface area contributed by atoms with E-state index in [-0.39, 0.29) is 12.3 Å². The average Bonchev–Trinajstić information content (AvgIpc) is 2.64. The molecule has 1 amide bonds. The summed E-state index contributed by atoms with van der Waals surface area (Å²) in [6, 6.07) is 4.07. The van der Waals surface area contributed by atoms with Crippen LogP contribution >= 0.6 is 0 Å². The van der Waals surface area contributed by atoms with E-state index in [0.29, 0.717) is 0 Å². The summed E-state index contributed by atoms with van der Waals surface area (Å²) in [4.78, 5) is 10.6. The summed E-state index contributed by atoms with van der Waals surface area (Å²) in [5.41, 5.74) is 8.30. The van der Waals surface area contributed by atoms with Crippen molar-refractivity contribution >= 4 is 22.9 Å². The van der Waals surface area contributed by atoms with Gasteiger partial charge in [0.05, 0.1) is 11.7 Å². The molecule has 3 N–H and O–H groups in total. The molecular weight excluding hydrogens is 202 g/mol. The van der Waals surface area contributed by atoms with Gasteiger partial charge in [0.2, 0.25) is 5.91 Å². The van der Waals surface area contributed by atoms with Gasteiger partial charge in [-0.05, 0) is 30.2 Å². The fraction of sp³-hybridized carbons (Fsp3) is 0.167. The summed E-state index contributed by atoms with van der Waals surface area (Å²) in [7, 11) is 0. The summed E-state index contributed by atoms with van der Waals surface area (Å²) in [6.07, 6.45) is 5.73. The third-order valence-electron chi connectivity index (χ3n) is 2.44. The molecule has 4 nitrogen and oxygen atoms in total. The zero-order chi connectivity index (χ0) is 11.5. The number of nitrogens with zero attached hydrogens (tertiary/aromatic N) is 1. The number of hydrogen-bond donors (Lipinski definition) is 2. The molecule has 0 bridgehead atoms. The van der Waals surface area contributed by atoms with Crippen LogP contribution in [-0.4, -0.2) is 16.1 Å². The Labute approximate surface area is 93.1 Å². The number of aromatic nitrogens is 2. The number of aromatic amines is 1. The molecule has 2 rings (SSSR count). The Bertz CT molecular complexity index is 554. The van der Waals surface area contributed by atoms with Crippen LogP contribution in [0.15, 0.2) is 24.4 Å². The minimum absolute atomic E-state index is 0.267. The number of fused-ring (bicyclic) bond motifs is 1. The van der Waals surface area contributed by atoms with Crippen LogP contribution in [0.5, 0.6) is 0 Å². The number of hydrogen-bond acceptors (Lipinski definition) is 2. The van der Waals surface area contributed by atoms with E-state index in [1.54, 1.807) is 12.3 Å². The lowest BCUT2D eigenvalue weighted by Crippen LogP contribution is -2.07. The van der Waals surface area contributed by atoms with Crippen molar-refractivity contribution in [3.63, 3.8) is 0 Å². The first-order chi connectivity index (χ1) is 7.66. The predicted molar refractivity (Wildman–Crippen MR) is 63.7 cm³/mol. The highest BCUT2D eigenvalue weighted by molar-refractivity contribution is 5.83. The minimum Gasteiger partial charge on any atom is -0.369 e. The third-order valence-corrected chi connectivity index (χ3v) is 2.44. The van der Waals surface area contributed by atoms with E-state index in [1.807, 2.05) is 25.1 Å².